The molecule has 1 aromatic rings. The molecule has 0 bridgehead atoms. The lowest BCUT2D eigenvalue weighted by Crippen LogP contribution is -1.92. The summed E-state index contributed by atoms with van der Waals surface area (Å²) >= 11 is 0. The van der Waals surface area contributed by atoms with E-state index in [1.807, 2.05) is 30.3 Å². The maximum atomic E-state index is 8.43. The van der Waals surface area contributed by atoms with Crippen LogP contribution in [0.2, 0.25) is 0 Å². The predicted octanol–water partition coefficient (Wildman–Crippen LogP) is 1.61. The first-order valence-electron chi connectivity index (χ1n) is 3.57. The van der Waals surface area contributed by atoms with Crippen molar-refractivity contribution >= 4 is 0 Å². The Balaban J connectivity index is 2.28. The van der Waals surface area contributed by atoms with Gasteiger partial charge in [0.1, 0.15) is 12.4 Å². The van der Waals surface area contributed by atoms with Crippen LogP contribution in [0.5, 0.6) is 5.75 Å². The summed E-state index contributed by atoms with van der Waals surface area (Å²) in [6, 6.07) is 9.48. The van der Waals surface area contributed by atoms with Crippen LogP contribution in [-0.4, -0.2) is 11.7 Å². The highest BCUT2D eigenvalue weighted by Gasteiger charge is 1.89. The molecule has 0 fully saturated rings. The minimum absolute atomic E-state index is 0.132. The quantitative estimate of drug-likeness (QED) is 0.662. The number of ether oxygens (including phenoxy) is 1. The van der Waals surface area contributed by atoms with Crippen molar-refractivity contribution in [2.75, 3.05) is 6.61 Å². The average Bonchev–Trinajstić information content (AvgIpc) is 2.07. The first-order chi connectivity index (χ1) is 5.43. The summed E-state index contributed by atoms with van der Waals surface area (Å²) in [6.45, 7) is 1.72. The van der Waals surface area contributed by atoms with Crippen LogP contribution in [0.15, 0.2) is 30.3 Å². The molecule has 0 aliphatic rings. The number of hydrogen-bond donors (Lipinski definition) is 1. The van der Waals surface area contributed by atoms with Gasteiger partial charge >= 0.3 is 0 Å². The van der Waals surface area contributed by atoms with Crippen molar-refractivity contribution in [3.8, 4) is 5.75 Å². The van der Waals surface area contributed by atoms with Crippen molar-refractivity contribution in [1.29, 1.82) is 0 Å². The summed E-state index contributed by atoms with van der Waals surface area (Å²) in [7, 11) is 0. The predicted molar refractivity (Wildman–Crippen MR) is 43.1 cm³/mol. The van der Waals surface area contributed by atoms with Gasteiger partial charge < -0.3 is 9.84 Å². The molecule has 0 aromatic heterocycles. The molecule has 1 radical (unpaired) electrons. The van der Waals surface area contributed by atoms with Crippen molar-refractivity contribution in [2.45, 2.75) is 6.42 Å². The van der Waals surface area contributed by atoms with Crippen LogP contribution in [0, 0.1) is 6.61 Å². The maximum absolute atomic E-state index is 8.43. The Morgan fingerprint density at radius 2 is 2.00 bits per heavy atom. The normalized spacial score (nSPS) is 9.55. The molecule has 2 nitrogen and oxygen atoms in total. The van der Waals surface area contributed by atoms with Crippen LogP contribution >= 0.6 is 0 Å². The Kier molecular flexibility index (Phi) is 3.48. The van der Waals surface area contributed by atoms with Crippen LogP contribution in [0.3, 0.4) is 0 Å². The molecule has 11 heavy (non-hydrogen) atoms. The zero-order chi connectivity index (χ0) is 7.94. The summed E-state index contributed by atoms with van der Waals surface area (Å²) in [6.07, 6.45) is 0.564. The highest BCUT2D eigenvalue weighted by atomic mass is 16.5. The van der Waals surface area contributed by atoms with Gasteiger partial charge in [-0.25, -0.2) is 0 Å². The lowest BCUT2D eigenvalue weighted by molar-refractivity contribution is 0.269. The molecule has 0 aliphatic carbocycles. The lowest BCUT2D eigenvalue weighted by atomic mass is 10.3. The second kappa shape index (κ2) is 4.74. The second-order valence-electron chi connectivity index (χ2n) is 2.11. The summed E-state index contributed by atoms with van der Waals surface area (Å²) in [5.41, 5.74) is 0. The standard InChI is InChI=1S/C9H11O2/c10-7-4-8-11-9-5-2-1-3-6-9/h1-3,5-6,8,10H,4,7H2. The second-order valence-corrected chi connectivity index (χ2v) is 2.11. The molecule has 0 spiro atoms. The molecular weight excluding hydrogens is 140 g/mol. The highest BCUT2D eigenvalue weighted by molar-refractivity contribution is 5.21. The van der Waals surface area contributed by atoms with Gasteiger partial charge in [-0.1, -0.05) is 18.2 Å². The van der Waals surface area contributed by atoms with Gasteiger partial charge in [-0.3, -0.25) is 0 Å². The van der Waals surface area contributed by atoms with Gasteiger partial charge in [0.05, 0.1) is 0 Å². The van der Waals surface area contributed by atoms with E-state index in [1.54, 1.807) is 6.61 Å². The molecule has 1 N–H and O–H groups in total. The largest absolute Gasteiger partial charge is 0.486 e. The first kappa shape index (κ1) is 8.08. The molecule has 59 valence electrons. The summed E-state index contributed by atoms with van der Waals surface area (Å²) in [5.74, 6) is 0.806. The zero-order valence-electron chi connectivity index (χ0n) is 6.23. The molecule has 0 aliphatic heterocycles. The maximum Gasteiger partial charge on any atom is 0.138 e. The fourth-order valence-electron chi connectivity index (χ4n) is 0.707. The van der Waals surface area contributed by atoms with Gasteiger partial charge in [0, 0.05) is 13.0 Å². The summed E-state index contributed by atoms with van der Waals surface area (Å²) < 4.78 is 5.16. The highest BCUT2D eigenvalue weighted by Crippen LogP contribution is 2.09. The van der Waals surface area contributed by atoms with Crippen molar-refractivity contribution in [3.05, 3.63) is 36.9 Å². The minimum atomic E-state index is 0.132. The number of hydrogen-bond acceptors (Lipinski definition) is 2. The SMILES string of the molecule is OCC[CH]Oc1ccccc1. The minimum Gasteiger partial charge on any atom is -0.486 e. The molecule has 0 saturated carbocycles. The van der Waals surface area contributed by atoms with Gasteiger partial charge in [0.25, 0.3) is 0 Å². The third kappa shape index (κ3) is 3.05. The number of benzene rings is 1. The van der Waals surface area contributed by atoms with E-state index in [0.29, 0.717) is 6.42 Å². The zero-order valence-corrected chi connectivity index (χ0v) is 6.23. The Labute approximate surface area is 66.4 Å². The van der Waals surface area contributed by atoms with Crippen molar-refractivity contribution < 1.29 is 9.84 Å². The molecule has 0 amide bonds. The van der Waals surface area contributed by atoms with E-state index in [4.69, 9.17) is 9.84 Å². The number of rotatable bonds is 4. The summed E-state index contributed by atoms with van der Waals surface area (Å²) in [4.78, 5) is 0. The fraction of sp³-hybridized carbons (Fsp3) is 0.222. The van der Waals surface area contributed by atoms with Gasteiger partial charge in [0.15, 0.2) is 0 Å². The molecular formula is C9H11O2. The van der Waals surface area contributed by atoms with Crippen LogP contribution in [0.1, 0.15) is 6.42 Å². The Bertz CT molecular complexity index is 184. The van der Waals surface area contributed by atoms with Crippen molar-refractivity contribution in [1.82, 2.24) is 0 Å². The van der Waals surface area contributed by atoms with Crippen LogP contribution in [0.4, 0.5) is 0 Å². The van der Waals surface area contributed by atoms with E-state index in [9.17, 15) is 0 Å². The number of aliphatic hydroxyl groups excluding tert-OH is 1. The van der Waals surface area contributed by atoms with Crippen molar-refractivity contribution in [2.24, 2.45) is 0 Å². The van der Waals surface area contributed by atoms with Gasteiger partial charge in [0.2, 0.25) is 0 Å². The van der Waals surface area contributed by atoms with E-state index in [0.717, 1.165) is 5.75 Å². The molecule has 0 unspecified atom stereocenters. The molecule has 1 aromatic carbocycles. The van der Waals surface area contributed by atoms with Gasteiger partial charge in [-0.05, 0) is 12.1 Å². The molecule has 0 saturated heterocycles. The number of aliphatic hydroxyl groups is 1. The van der Waals surface area contributed by atoms with E-state index in [1.165, 1.54) is 0 Å². The van der Waals surface area contributed by atoms with E-state index in [2.05, 4.69) is 0 Å². The molecule has 0 heterocycles. The molecule has 1 rings (SSSR count). The van der Waals surface area contributed by atoms with Gasteiger partial charge in [-0.2, -0.15) is 0 Å². The topological polar surface area (TPSA) is 29.5 Å². The first-order valence-corrected chi connectivity index (χ1v) is 3.57. The Morgan fingerprint density at radius 1 is 1.27 bits per heavy atom. The third-order valence-corrected chi connectivity index (χ3v) is 1.21. The van der Waals surface area contributed by atoms with Gasteiger partial charge in [-0.15, -0.1) is 0 Å². The Hall–Kier alpha value is -1.02. The van der Waals surface area contributed by atoms with Crippen LogP contribution < -0.4 is 4.74 Å². The lowest BCUT2D eigenvalue weighted by Gasteiger charge is -2.01. The molecule has 2 heteroatoms. The van der Waals surface area contributed by atoms with E-state index >= 15 is 0 Å². The van der Waals surface area contributed by atoms with Crippen LogP contribution in [0.25, 0.3) is 0 Å². The summed E-state index contributed by atoms with van der Waals surface area (Å²) in [5, 5.41) is 8.43. The monoisotopic (exact) mass is 151 g/mol. The third-order valence-electron chi connectivity index (χ3n) is 1.21. The van der Waals surface area contributed by atoms with E-state index in [-0.39, 0.29) is 6.61 Å². The van der Waals surface area contributed by atoms with Crippen molar-refractivity contribution in [3.63, 3.8) is 0 Å². The van der Waals surface area contributed by atoms with Crippen LogP contribution in [-0.2, 0) is 0 Å². The Morgan fingerprint density at radius 3 is 2.64 bits per heavy atom. The smallest absolute Gasteiger partial charge is 0.138 e. The molecule has 0 atom stereocenters. The fourth-order valence-corrected chi connectivity index (χ4v) is 0.707. The average molecular weight is 151 g/mol. The number of para-hydroxylation sites is 1. The van der Waals surface area contributed by atoms with E-state index < -0.39 is 0 Å².